The molecule has 0 aromatic heterocycles. The number of rotatable bonds is 6. The van der Waals surface area contributed by atoms with Crippen LogP contribution in [-0.2, 0) is 16.2 Å². The van der Waals surface area contributed by atoms with Crippen LogP contribution in [0.5, 0.6) is 11.5 Å². The molecule has 0 radical (unpaired) electrons. The Hall–Kier alpha value is -2.56. The monoisotopic (exact) mass is 686 g/mol. The molecule has 3 aromatic carbocycles. The summed E-state index contributed by atoms with van der Waals surface area (Å²) in [6, 6.07) is 12.0. The molecule has 0 spiro atoms. The van der Waals surface area contributed by atoms with Crippen molar-refractivity contribution in [2.45, 2.75) is 6.61 Å². The number of anilines is 1. The minimum absolute atomic E-state index is 0.163. The molecule has 1 heterocycles. The summed E-state index contributed by atoms with van der Waals surface area (Å²) in [5, 5.41) is 3.34. The van der Waals surface area contributed by atoms with Crippen molar-refractivity contribution >= 4 is 96.3 Å². The molecular weight excluding hydrogens is 674 g/mol. The first kappa shape index (κ1) is 27.5. The van der Waals surface area contributed by atoms with E-state index < -0.39 is 17.8 Å². The summed E-state index contributed by atoms with van der Waals surface area (Å²) in [5.41, 5.74) is 1.15. The summed E-state index contributed by atoms with van der Waals surface area (Å²) >= 11 is 25.1. The van der Waals surface area contributed by atoms with Crippen molar-refractivity contribution in [1.29, 1.82) is 0 Å². The third kappa shape index (κ3) is 5.81. The van der Waals surface area contributed by atoms with E-state index >= 15 is 0 Å². The van der Waals surface area contributed by atoms with E-state index in [1.54, 1.807) is 36.4 Å². The predicted octanol–water partition coefficient (Wildman–Crippen LogP) is 7.43. The zero-order chi connectivity index (χ0) is 26.9. The summed E-state index contributed by atoms with van der Waals surface area (Å²) in [5.74, 6) is -0.945. The summed E-state index contributed by atoms with van der Waals surface area (Å²) < 4.78 is 12.4. The highest BCUT2D eigenvalue weighted by molar-refractivity contribution is 9.13. The third-order valence-corrected chi connectivity index (χ3v) is 8.33. The molecule has 1 N–H and O–H groups in total. The first-order valence-corrected chi connectivity index (χ1v) is 13.1. The largest absolute Gasteiger partial charge is 0.493 e. The molecule has 0 bridgehead atoms. The number of barbiturate groups is 1. The topological polar surface area (TPSA) is 84.9 Å². The third-order valence-electron chi connectivity index (χ3n) is 5.21. The van der Waals surface area contributed by atoms with Gasteiger partial charge in [0.25, 0.3) is 11.8 Å². The quantitative estimate of drug-likeness (QED) is 0.215. The zero-order valence-corrected chi connectivity index (χ0v) is 24.2. The summed E-state index contributed by atoms with van der Waals surface area (Å²) in [4.78, 5) is 39.1. The van der Waals surface area contributed by atoms with Crippen LogP contribution >= 0.6 is 66.7 Å². The van der Waals surface area contributed by atoms with Gasteiger partial charge in [0.15, 0.2) is 11.5 Å². The van der Waals surface area contributed by atoms with Crippen molar-refractivity contribution in [2.75, 3.05) is 12.0 Å². The molecule has 37 heavy (non-hydrogen) atoms. The van der Waals surface area contributed by atoms with Crippen molar-refractivity contribution in [3.8, 4) is 11.5 Å². The fraction of sp³-hybridized carbons (Fsp3) is 0.0800. The fourth-order valence-electron chi connectivity index (χ4n) is 3.44. The molecule has 1 aliphatic heterocycles. The molecular formula is C25H15Br2Cl3N2O5. The first-order chi connectivity index (χ1) is 17.6. The summed E-state index contributed by atoms with van der Waals surface area (Å²) in [6.45, 7) is 0.163. The van der Waals surface area contributed by atoms with E-state index in [1.165, 1.54) is 25.3 Å². The molecule has 1 aliphatic rings. The second kappa shape index (κ2) is 11.4. The van der Waals surface area contributed by atoms with Crippen LogP contribution in [0.15, 0.2) is 63.0 Å². The van der Waals surface area contributed by atoms with Crippen LogP contribution in [0.2, 0.25) is 15.1 Å². The molecule has 1 fully saturated rings. The predicted molar refractivity (Wildman–Crippen MR) is 150 cm³/mol. The maximum atomic E-state index is 13.2. The van der Waals surface area contributed by atoms with Crippen LogP contribution in [0, 0.1) is 0 Å². The number of nitrogens with zero attached hydrogens (tertiary/aromatic N) is 1. The van der Waals surface area contributed by atoms with Gasteiger partial charge in [-0.3, -0.25) is 14.9 Å². The first-order valence-electron chi connectivity index (χ1n) is 10.4. The molecule has 4 rings (SSSR count). The van der Waals surface area contributed by atoms with E-state index in [1.807, 2.05) is 0 Å². The van der Waals surface area contributed by atoms with Crippen molar-refractivity contribution < 1.29 is 23.9 Å². The zero-order valence-electron chi connectivity index (χ0n) is 18.8. The smallest absolute Gasteiger partial charge is 0.335 e. The molecule has 1 saturated heterocycles. The Morgan fingerprint density at radius 1 is 0.973 bits per heavy atom. The molecule has 12 heteroatoms. The normalized spacial score (nSPS) is 14.7. The standard InChI is InChI=1S/C25H15Br2Cl3N2O5/c1-36-19-9-13(20(26)21(27)22(19)37-11-12-5-6-17(29)18(30)7-12)8-16-23(33)31-25(35)32(24(16)34)15-4-2-3-14(28)10-15/h2-10H,11H2,1H3,(H,31,33,35)/b16-8+. The highest BCUT2D eigenvalue weighted by Gasteiger charge is 2.37. The lowest BCUT2D eigenvalue weighted by molar-refractivity contribution is -0.122. The Morgan fingerprint density at radius 2 is 1.73 bits per heavy atom. The van der Waals surface area contributed by atoms with Crippen LogP contribution in [0.1, 0.15) is 11.1 Å². The number of methoxy groups -OCH3 is 1. The van der Waals surface area contributed by atoms with Gasteiger partial charge in [-0.15, -0.1) is 0 Å². The van der Waals surface area contributed by atoms with Gasteiger partial charge in [0, 0.05) is 9.50 Å². The van der Waals surface area contributed by atoms with Crippen molar-refractivity contribution in [1.82, 2.24) is 5.32 Å². The number of hydrogen-bond acceptors (Lipinski definition) is 5. The highest BCUT2D eigenvalue weighted by Crippen LogP contribution is 2.44. The molecule has 7 nitrogen and oxygen atoms in total. The second-order valence-electron chi connectivity index (χ2n) is 7.60. The number of amides is 4. The number of hydrogen-bond donors (Lipinski definition) is 1. The number of carbonyl (C=O) groups is 3. The van der Waals surface area contributed by atoms with E-state index in [2.05, 4.69) is 37.2 Å². The number of halogens is 5. The fourth-order valence-corrected chi connectivity index (χ4v) is 4.90. The van der Waals surface area contributed by atoms with Gasteiger partial charge in [-0.2, -0.15) is 0 Å². The van der Waals surface area contributed by atoms with Crippen molar-refractivity contribution in [2.24, 2.45) is 0 Å². The number of urea groups is 1. The van der Waals surface area contributed by atoms with Crippen LogP contribution in [0.4, 0.5) is 10.5 Å². The number of nitrogens with one attached hydrogen (secondary N) is 1. The van der Waals surface area contributed by atoms with Gasteiger partial charge in [-0.1, -0.05) is 46.9 Å². The average Bonchev–Trinajstić information content (AvgIpc) is 2.85. The van der Waals surface area contributed by atoms with Crippen LogP contribution < -0.4 is 19.7 Å². The lowest BCUT2D eigenvalue weighted by Crippen LogP contribution is -2.54. The SMILES string of the molecule is COc1cc(/C=C2\C(=O)NC(=O)N(c3cccc(Cl)c3)C2=O)c(Br)c(Br)c1OCc1ccc(Cl)c(Cl)c1. The minimum Gasteiger partial charge on any atom is -0.493 e. The van der Waals surface area contributed by atoms with Gasteiger partial charge < -0.3 is 9.47 Å². The van der Waals surface area contributed by atoms with Crippen LogP contribution in [0.25, 0.3) is 6.08 Å². The maximum absolute atomic E-state index is 13.2. The van der Waals surface area contributed by atoms with E-state index in [0.717, 1.165) is 10.5 Å². The lowest BCUT2D eigenvalue weighted by atomic mass is 10.1. The number of imide groups is 2. The van der Waals surface area contributed by atoms with E-state index in [-0.39, 0.29) is 17.9 Å². The summed E-state index contributed by atoms with van der Waals surface area (Å²) in [6.07, 6.45) is 1.35. The Morgan fingerprint density at radius 3 is 2.41 bits per heavy atom. The van der Waals surface area contributed by atoms with Gasteiger partial charge in [-0.05, 0) is 85.5 Å². The second-order valence-corrected chi connectivity index (χ2v) is 10.4. The van der Waals surface area contributed by atoms with Crippen molar-refractivity contribution in [3.05, 3.63) is 89.2 Å². The highest BCUT2D eigenvalue weighted by atomic mass is 79.9. The maximum Gasteiger partial charge on any atom is 0.335 e. The van der Waals surface area contributed by atoms with Gasteiger partial charge in [0.1, 0.15) is 12.2 Å². The Balaban J connectivity index is 1.69. The van der Waals surface area contributed by atoms with Gasteiger partial charge >= 0.3 is 6.03 Å². The molecule has 0 aliphatic carbocycles. The molecule has 0 saturated carbocycles. The van der Waals surface area contributed by atoms with Crippen LogP contribution in [-0.4, -0.2) is 25.0 Å². The molecule has 190 valence electrons. The molecule has 4 amide bonds. The lowest BCUT2D eigenvalue weighted by Gasteiger charge is -2.26. The van der Waals surface area contributed by atoms with Crippen LogP contribution in [0.3, 0.4) is 0 Å². The van der Waals surface area contributed by atoms with Crippen molar-refractivity contribution in [3.63, 3.8) is 0 Å². The van der Waals surface area contributed by atoms with Gasteiger partial charge in [0.2, 0.25) is 0 Å². The average molecular weight is 690 g/mol. The van der Waals surface area contributed by atoms with E-state index in [0.29, 0.717) is 41.1 Å². The molecule has 3 aromatic rings. The summed E-state index contributed by atoms with van der Waals surface area (Å²) in [7, 11) is 1.45. The van der Waals surface area contributed by atoms with E-state index in [9.17, 15) is 14.4 Å². The Labute approximate surface area is 243 Å². The van der Waals surface area contributed by atoms with Gasteiger partial charge in [0.05, 0.1) is 27.3 Å². The number of ether oxygens (including phenoxy) is 2. The van der Waals surface area contributed by atoms with E-state index in [4.69, 9.17) is 44.3 Å². The number of benzene rings is 3. The Kier molecular flexibility index (Phi) is 8.50. The Bertz CT molecular complexity index is 1480. The molecule has 0 atom stereocenters. The number of carbonyl (C=O) groups excluding carboxylic acids is 3. The molecule has 0 unspecified atom stereocenters. The minimum atomic E-state index is -0.877. The van der Waals surface area contributed by atoms with Gasteiger partial charge in [-0.25, -0.2) is 9.69 Å².